The van der Waals surface area contributed by atoms with Crippen molar-refractivity contribution in [2.45, 2.75) is 52.9 Å². The number of aromatic nitrogens is 1. The molecule has 0 bridgehead atoms. The molecule has 1 aromatic carbocycles. The number of aryl methyl sites for hydroxylation is 1. The van der Waals surface area contributed by atoms with E-state index in [2.05, 4.69) is 47.3 Å². The number of benzene rings is 1. The van der Waals surface area contributed by atoms with Gasteiger partial charge in [0.1, 0.15) is 5.82 Å². The summed E-state index contributed by atoms with van der Waals surface area (Å²) in [6, 6.07) is 7.96. The van der Waals surface area contributed by atoms with Gasteiger partial charge in [0.25, 0.3) is 0 Å². The number of fused-ring (bicyclic) bond motifs is 1. The Balaban J connectivity index is 1.52. The summed E-state index contributed by atoms with van der Waals surface area (Å²) in [5.41, 5.74) is 2.83. The molecule has 0 aliphatic carbocycles. The zero-order chi connectivity index (χ0) is 22.9. The van der Waals surface area contributed by atoms with Crippen LogP contribution in [0.5, 0.6) is 0 Å². The summed E-state index contributed by atoms with van der Waals surface area (Å²) in [6.07, 6.45) is 4.09. The Morgan fingerprint density at radius 2 is 1.75 bits per heavy atom. The highest BCUT2D eigenvalue weighted by Crippen LogP contribution is 2.27. The second kappa shape index (κ2) is 11.8. The number of pyridine rings is 1. The summed E-state index contributed by atoms with van der Waals surface area (Å²) in [5, 5.41) is 6.85. The smallest absolute Gasteiger partial charge is 0.224 e. The third-order valence-electron chi connectivity index (χ3n) is 6.19. The number of hydrogen-bond acceptors (Lipinski definition) is 5. The molecule has 3 rings (SSSR count). The molecule has 32 heavy (non-hydrogen) atoms. The lowest BCUT2D eigenvalue weighted by molar-refractivity contribution is -0.124. The van der Waals surface area contributed by atoms with Crippen molar-refractivity contribution in [3.05, 3.63) is 29.8 Å². The highest BCUT2D eigenvalue weighted by molar-refractivity contribution is 5.96. The van der Waals surface area contributed by atoms with Crippen molar-refractivity contribution in [3.8, 4) is 0 Å². The highest BCUT2D eigenvalue weighted by atomic mass is 16.2. The van der Waals surface area contributed by atoms with E-state index in [-0.39, 0.29) is 24.7 Å². The van der Waals surface area contributed by atoms with Crippen LogP contribution in [0.25, 0.3) is 10.9 Å². The number of nitrogens with zero attached hydrogens (tertiary/aromatic N) is 3. The van der Waals surface area contributed by atoms with Gasteiger partial charge in [-0.1, -0.05) is 13.8 Å². The van der Waals surface area contributed by atoms with Crippen LogP contribution >= 0.6 is 0 Å². The fourth-order valence-corrected chi connectivity index (χ4v) is 4.17. The third kappa shape index (κ3) is 6.66. The number of carbonyl (C=O) groups is 2. The van der Waals surface area contributed by atoms with Crippen LogP contribution in [0.1, 0.15) is 51.5 Å². The van der Waals surface area contributed by atoms with Crippen molar-refractivity contribution in [1.82, 2.24) is 15.2 Å². The van der Waals surface area contributed by atoms with E-state index in [1.807, 2.05) is 18.2 Å². The minimum absolute atomic E-state index is 0.0869. The Morgan fingerprint density at radius 1 is 1.03 bits per heavy atom. The van der Waals surface area contributed by atoms with Gasteiger partial charge < -0.3 is 20.4 Å². The molecule has 1 aliphatic rings. The van der Waals surface area contributed by atoms with Crippen LogP contribution in [0, 0.1) is 6.92 Å². The maximum Gasteiger partial charge on any atom is 0.224 e. The van der Waals surface area contributed by atoms with Gasteiger partial charge >= 0.3 is 0 Å². The van der Waals surface area contributed by atoms with E-state index in [1.54, 1.807) is 0 Å². The molecule has 2 amide bonds. The molecule has 2 aromatic rings. The summed E-state index contributed by atoms with van der Waals surface area (Å²) in [6.45, 7) is 11.8. The van der Waals surface area contributed by atoms with E-state index < -0.39 is 0 Å². The Labute approximate surface area is 191 Å². The minimum atomic E-state index is -0.154. The number of nitrogens with one attached hydrogen (secondary N) is 2. The molecule has 1 fully saturated rings. The van der Waals surface area contributed by atoms with Gasteiger partial charge in [0, 0.05) is 50.1 Å². The molecule has 1 aliphatic heterocycles. The van der Waals surface area contributed by atoms with Gasteiger partial charge in [-0.2, -0.15) is 0 Å². The summed E-state index contributed by atoms with van der Waals surface area (Å²) in [5.74, 6) is 0.799. The van der Waals surface area contributed by atoms with Crippen molar-refractivity contribution in [2.24, 2.45) is 0 Å². The maximum atomic E-state index is 12.4. The van der Waals surface area contributed by atoms with E-state index in [0.717, 1.165) is 60.7 Å². The third-order valence-corrected chi connectivity index (χ3v) is 6.19. The van der Waals surface area contributed by atoms with Crippen LogP contribution in [0.15, 0.2) is 24.3 Å². The van der Waals surface area contributed by atoms with Crippen molar-refractivity contribution < 1.29 is 9.59 Å². The highest BCUT2D eigenvalue weighted by Gasteiger charge is 2.14. The normalized spacial score (nSPS) is 14.1. The van der Waals surface area contributed by atoms with E-state index >= 15 is 0 Å². The van der Waals surface area contributed by atoms with Gasteiger partial charge in [0.15, 0.2) is 0 Å². The van der Waals surface area contributed by atoms with Gasteiger partial charge in [-0.15, -0.1) is 0 Å². The number of carbonyl (C=O) groups excluding carboxylic acids is 2. The molecule has 0 atom stereocenters. The van der Waals surface area contributed by atoms with Crippen molar-refractivity contribution >= 4 is 34.2 Å². The summed E-state index contributed by atoms with van der Waals surface area (Å²) in [7, 11) is 0. The first-order chi connectivity index (χ1) is 15.5. The average Bonchev–Trinajstić information content (AvgIpc) is 2.81. The molecule has 0 radical (unpaired) electrons. The quantitative estimate of drug-likeness (QED) is 0.590. The Hall–Kier alpha value is -2.67. The van der Waals surface area contributed by atoms with Crippen molar-refractivity contribution in [2.75, 3.05) is 49.5 Å². The number of anilines is 2. The Bertz CT molecular complexity index is 920. The van der Waals surface area contributed by atoms with Crippen LogP contribution in [0.4, 0.5) is 11.5 Å². The molecule has 7 heteroatoms. The number of hydrogen-bond donors (Lipinski definition) is 2. The lowest BCUT2D eigenvalue weighted by Gasteiger charge is -2.28. The van der Waals surface area contributed by atoms with Crippen molar-refractivity contribution in [3.63, 3.8) is 0 Å². The van der Waals surface area contributed by atoms with Gasteiger partial charge in [0.05, 0.1) is 5.52 Å². The topological polar surface area (TPSA) is 77.6 Å². The number of likely N-dealkylation sites (N-methyl/N-ethyl adjacent to an activating group) is 1. The lowest BCUT2D eigenvalue weighted by Crippen LogP contribution is -2.35. The second-order valence-electron chi connectivity index (χ2n) is 8.50. The molecule has 7 nitrogen and oxygen atoms in total. The molecule has 0 spiro atoms. The monoisotopic (exact) mass is 439 g/mol. The zero-order valence-corrected chi connectivity index (χ0v) is 19.7. The van der Waals surface area contributed by atoms with E-state index in [0.29, 0.717) is 6.54 Å². The molecule has 0 saturated carbocycles. The average molecular weight is 440 g/mol. The van der Waals surface area contributed by atoms with Crippen LogP contribution in [0.2, 0.25) is 0 Å². The van der Waals surface area contributed by atoms with E-state index in [1.165, 1.54) is 19.3 Å². The largest absolute Gasteiger partial charge is 0.357 e. The van der Waals surface area contributed by atoms with Crippen LogP contribution < -0.4 is 15.5 Å². The van der Waals surface area contributed by atoms with E-state index in [4.69, 9.17) is 4.98 Å². The van der Waals surface area contributed by atoms with E-state index in [9.17, 15) is 9.59 Å². The molecule has 1 aromatic heterocycles. The molecule has 2 heterocycles. The molecular formula is C25H37N5O2. The van der Waals surface area contributed by atoms with Gasteiger partial charge in [-0.05, 0) is 69.1 Å². The molecule has 1 saturated heterocycles. The standard InChI is InChI=1S/C25H37N5O2/c1-4-29(5-2)16-13-26-24(31)11-12-25(32)27-20-9-10-22-21(18-20)19(3)17-23(28-22)30-14-7-6-8-15-30/h9-10,17-18H,4-8,11-16H2,1-3H3,(H,26,31)(H,27,32). The first-order valence-electron chi connectivity index (χ1n) is 12.0. The zero-order valence-electron chi connectivity index (χ0n) is 19.7. The van der Waals surface area contributed by atoms with Crippen LogP contribution in [-0.2, 0) is 9.59 Å². The van der Waals surface area contributed by atoms with Gasteiger partial charge in [-0.25, -0.2) is 4.98 Å². The minimum Gasteiger partial charge on any atom is -0.357 e. The summed E-state index contributed by atoms with van der Waals surface area (Å²) >= 11 is 0. The molecule has 174 valence electrons. The fourth-order valence-electron chi connectivity index (χ4n) is 4.17. The predicted molar refractivity (Wildman–Crippen MR) is 131 cm³/mol. The second-order valence-corrected chi connectivity index (χ2v) is 8.50. The van der Waals surface area contributed by atoms with Gasteiger partial charge in [0.2, 0.25) is 11.8 Å². The summed E-state index contributed by atoms with van der Waals surface area (Å²) in [4.78, 5) is 33.8. The predicted octanol–water partition coefficient (Wildman–Crippen LogP) is 3.71. The number of amides is 2. The van der Waals surface area contributed by atoms with Gasteiger partial charge in [-0.3, -0.25) is 9.59 Å². The summed E-state index contributed by atoms with van der Waals surface area (Å²) < 4.78 is 0. The molecule has 2 N–H and O–H groups in total. The first kappa shape index (κ1) is 24.0. The molecule has 0 unspecified atom stereocenters. The van der Waals surface area contributed by atoms with Crippen LogP contribution in [-0.4, -0.2) is 61.0 Å². The Morgan fingerprint density at radius 3 is 2.47 bits per heavy atom. The SMILES string of the molecule is CCN(CC)CCNC(=O)CCC(=O)Nc1ccc2nc(N3CCCCC3)cc(C)c2c1. The molecular weight excluding hydrogens is 402 g/mol. The maximum absolute atomic E-state index is 12.4. The lowest BCUT2D eigenvalue weighted by atomic mass is 10.1. The number of rotatable bonds is 10. The number of piperidine rings is 1. The first-order valence-corrected chi connectivity index (χ1v) is 12.0. The fraction of sp³-hybridized carbons (Fsp3) is 0.560. The van der Waals surface area contributed by atoms with Crippen LogP contribution in [0.3, 0.4) is 0 Å². The Kier molecular flexibility index (Phi) is 8.85. The van der Waals surface area contributed by atoms with Crippen molar-refractivity contribution in [1.29, 1.82) is 0 Å².